The number of nitrogens with one attached hydrogen (secondary N) is 1. The van der Waals surface area contributed by atoms with Crippen LogP contribution in [0.4, 0.5) is 0 Å². The molecule has 1 aliphatic rings. The third-order valence-corrected chi connectivity index (χ3v) is 8.37. The zero-order valence-electron chi connectivity index (χ0n) is 19.0. The van der Waals surface area contributed by atoms with Crippen LogP contribution in [-0.4, -0.2) is 34.6 Å². The van der Waals surface area contributed by atoms with Crippen LogP contribution in [0, 0.1) is 0 Å². The van der Waals surface area contributed by atoms with Crippen molar-refractivity contribution >= 4 is 70.0 Å². The maximum absolute atomic E-state index is 13.4. The quantitative estimate of drug-likeness (QED) is 0.329. The van der Waals surface area contributed by atoms with Gasteiger partial charge in [0.2, 0.25) is 11.8 Å². The summed E-state index contributed by atoms with van der Waals surface area (Å²) in [5.74, 6) is 0.630. The summed E-state index contributed by atoms with van der Waals surface area (Å²) in [6.07, 6.45) is 4.74. The first-order chi connectivity index (χ1) is 16.3. The van der Waals surface area contributed by atoms with Crippen molar-refractivity contribution in [1.82, 2.24) is 10.2 Å². The Morgan fingerprint density at radius 2 is 1.56 bits per heavy atom. The molecule has 0 radical (unpaired) electrons. The maximum Gasteiger partial charge on any atom is 0.243 e. The molecule has 0 unspecified atom stereocenters. The molecule has 3 rings (SSSR count). The van der Waals surface area contributed by atoms with Crippen molar-refractivity contribution in [3.05, 3.63) is 67.6 Å². The monoisotopic (exact) mass is 560 g/mol. The van der Waals surface area contributed by atoms with Gasteiger partial charge < -0.3 is 10.2 Å². The minimum absolute atomic E-state index is 0.0997. The van der Waals surface area contributed by atoms with E-state index in [2.05, 4.69) is 5.32 Å². The minimum Gasteiger partial charge on any atom is -0.352 e. The van der Waals surface area contributed by atoms with E-state index < -0.39 is 6.04 Å². The number of carbonyl (C=O) groups excluding carboxylic acids is 2. The molecule has 2 amide bonds. The SMILES string of the molecule is CC[C@@H](C(=O)NC1CCCC1)N(Cc1ccc(Cl)c(Cl)c1)C(=O)CSCc1ccc(Cl)c(Cl)c1. The fourth-order valence-corrected chi connectivity index (χ4v) is 5.59. The Hall–Kier alpha value is -1.11. The van der Waals surface area contributed by atoms with Crippen LogP contribution in [0.2, 0.25) is 20.1 Å². The Morgan fingerprint density at radius 3 is 2.15 bits per heavy atom. The first kappa shape index (κ1) is 27.5. The van der Waals surface area contributed by atoms with Crippen molar-refractivity contribution < 1.29 is 9.59 Å². The van der Waals surface area contributed by atoms with E-state index >= 15 is 0 Å². The summed E-state index contributed by atoms with van der Waals surface area (Å²) in [5, 5.41) is 5.01. The molecule has 1 N–H and O–H groups in total. The molecule has 1 fully saturated rings. The molecule has 0 aromatic heterocycles. The van der Waals surface area contributed by atoms with Crippen LogP contribution in [0.15, 0.2) is 36.4 Å². The normalized spacial score (nSPS) is 14.7. The van der Waals surface area contributed by atoms with Gasteiger partial charge in [-0.1, -0.05) is 78.3 Å². The first-order valence-electron chi connectivity index (χ1n) is 11.3. The van der Waals surface area contributed by atoms with Gasteiger partial charge in [0.15, 0.2) is 0 Å². The average Bonchev–Trinajstić information content (AvgIpc) is 3.31. The number of halogens is 4. The van der Waals surface area contributed by atoms with Crippen LogP contribution in [0.1, 0.15) is 50.2 Å². The number of benzene rings is 2. The number of nitrogens with zero attached hydrogens (tertiary/aromatic N) is 1. The predicted octanol–water partition coefficient (Wildman–Crippen LogP) is 7.40. The highest BCUT2D eigenvalue weighted by Gasteiger charge is 2.30. The summed E-state index contributed by atoms with van der Waals surface area (Å²) in [4.78, 5) is 28.2. The summed E-state index contributed by atoms with van der Waals surface area (Å²) in [5.41, 5.74) is 1.80. The van der Waals surface area contributed by atoms with E-state index in [-0.39, 0.29) is 30.2 Å². The second-order valence-corrected chi connectivity index (χ2v) is 11.0. The van der Waals surface area contributed by atoms with Crippen molar-refractivity contribution in [1.29, 1.82) is 0 Å². The van der Waals surface area contributed by atoms with Crippen molar-refractivity contribution in [2.75, 3.05) is 5.75 Å². The van der Waals surface area contributed by atoms with Crippen LogP contribution in [0.25, 0.3) is 0 Å². The van der Waals surface area contributed by atoms with Gasteiger partial charge in [0.25, 0.3) is 0 Å². The summed E-state index contributed by atoms with van der Waals surface area (Å²) in [7, 11) is 0. The maximum atomic E-state index is 13.4. The van der Waals surface area contributed by atoms with E-state index in [1.54, 1.807) is 29.2 Å². The predicted molar refractivity (Wildman–Crippen MR) is 144 cm³/mol. The van der Waals surface area contributed by atoms with E-state index in [0.29, 0.717) is 32.3 Å². The summed E-state index contributed by atoms with van der Waals surface area (Å²) < 4.78 is 0. The van der Waals surface area contributed by atoms with E-state index in [0.717, 1.165) is 36.8 Å². The zero-order valence-corrected chi connectivity index (χ0v) is 22.8. The largest absolute Gasteiger partial charge is 0.352 e. The van der Waals surface area contributed by atoms with Crippen LogP contribution in [0.5, 0.6) is 0 Å². The summed E-state index contributed by atoms with van der Waals surface area (Å²) >= 11 is 25.8. The molecule has 1 saturated carbocycles. The molecule has 0 spiro atoms. The minimum atomic E-state index is -0.562. The van der Waals surface area contributed by atoms with Crippen molar-refractivity contribution in [2.24, 2.45) is 0 Å². The lowest BCUT2D eigenvalue weighted by molar-refractivity contribution is -0.139. The molecule has 34 heavy (non-hydrogen) atoms. The molecule has 4 nitrogen and oxygen atoms in total. The van der Waals surface area contributed by atoms with Gasteiger partial charge in [0.05, 0.1) is 25.8 Å². The molecule has 1 aliphatic carbocycles. The number of hydrogen-bond donors (Lipinski definition) is 1. The van der Waals surface area contributed by atoms with Crippen molar-refractivity contribution in [2.45, 2.75) is 63.4 Å². The molecular weight excluding hydrogens is 534 g/mol. The van der Waals surface area contributed by atoms with Gasteiger partial charge in [0, 0.05) is 18.3 Å². The lowest BCUT2D eigenvalue weighted by atomic mass is 10.1. The molecule has 184 valence electrons. The third kappa shape index (κ3) is 7.69. The van der Waals surface area contributed by atoms with Gasteiger partial charge >= 0.3 is 0 Å². The number of hydrogen-bond acceptors (Lipinski definition) is 3. The number of amides is 2. The molecule has 9 heteroatoms. The fraction of sp³-hybridized carbons (Fsp3) is 0.440. The van der Waals surface area contributed by atoms with Crippen molar-refractivity contribution in [3.63, 3.8) is 0 Å². The molecule has 1 atom stereocenters. The lowest BCUT2D eigenvalue weighted by Crippen LogP contribution is -2.51. The molecule has 2 aromatic carbocycles. The lowest BCUT2D eigenvalue weighted by Gasteiger charge is -2.31. The number of thioether (sulfide) groups is 1. The molecule has 0 aliphatic heterocycles. The molecular formula is C25H28Cl4N2O2S. The Labute approximate surface area is 225 Å². The Bertz CT molecular complexity index is 1010. The summed E-state index contributed by atoms with van der Waals surface area (Å²) in [6, 6.07) is 10.4. The van der Waals surface area contributed by atoms with E-state index in [1.165, 1.54) is 11.8 Å². The second-order valence-electron chi connectivity index (χ2n) is 8.43. The highest BCUT2D eigenvalue weighted by Crippen LogP contribution is 2.27. The van der Waals surface area contributed by atoms with Gasteiger partial charge in [-0.25, -0.2) is 0 Å². The second kappa shape index (κ2) is 13.3. The van der Waals surface area contributed by atoms with E-state index in [4.69, 9.17) is 46.4 Å². The highest BCUT2D eigenvalue weighted by molar-refractivity contribution is 7.99. The van der Waals surface area contributed by atoms with Gasteiger partial charge in [-0.15, -0.1) is 11.8 Å². The molecule has 0 bridgehead atoms. The Kier molecular flexibility index (Phi) is 10.7. The third-order valence-electron chi connectivity index (χ3n) is 5.90. The Balaban J connectivity index is 1.72. The fourth-order valence-electron chi connectivity index (χ4n) is 4.09. The molecule has 0 heterocycles. The zero-order chi connectivity index (χ0) is 24.7. The van der Waals surface area contributed by atoms with Gasteiger partial charge in [-0.05, 0) is 54.7 Å². The van der Waals surface area contributed by atoms with Crippen LogP contribution < -0.4 is 5.32 Å². The Morgan fingerprint density at radius 1 is 0.971 bits per heavy atom. The van der Waals surface area contributed by atoms with E-state index in [1.807, 2.05) is 19.1 Å². The van der Waals surface area contributed by atoms with Crippen LogP contribution in [0.3, 0.4) is 0 Å². The number of rotatable bonds is 10. The van der Waals surface area contributed by atoms with Crippen LogP contribution >= 0.6 is 58.2 Å². The topological polar surface area (TPSA) is 49.4 Å². The average molecular weight is 562 g/mol. The smallest absolute Gasteiger partial charge is 0.243 e. The molecule has 0 saturated heterocycles. The first-order valence-corrected chi connectivity index (χ1v) is 14.0. The van der Waals surface area contributed by atoms with Crippen LogP contribution in [-0.2, 0) is 21.9 Å². The van der Waals surface area contributed by atoms with Gasteiger partial charge in [0.1, 0.15) is 6.04 Å². The summed E-state index contributed by atoms with van der Waals surface area (Å²) in [6.45, 7) is 2.20. The highest BCUT2D eigenvalue weighted by atomic mass is 35.5. The standard InChI is InChI=1S/C25H28Cl4N2O2S/c1-2-23(25(33)30-18-5-3-4-6-18)31(13-16-7-9-19(26)21(28)11-16)24(32)15-34-14-17-8-10-20(27)22(29)12-17/h7-12,18,23H,2-6,13-15H2,1H3,(H,30,33)/t23-/m0/s1. The van der Waals surface area contributed by atoms with E-state index in [9.17, 15) is 9.59 Å². The van der Waals surface area contributed by atoms with Crippen molar-refractivity contribution in [3.8, 4) is 0 Å². The molecule has 2 aromatic rings. The number of carbonyl (C=O) groups is 2. The van der Waals surface area contributed by atoms with Gasteiger partial charge in [-0.2, -0.15) is 0 Å². The van der Waals surface area contributed by atoms with Gasteiger partial charge in [-0.3, -0.25) is 9.59 Å².